The highest BCUT2D eigenvalue weighted by Gasteiger charge is 2.26. The maximum Gasteiger partial charge on any atom is 0.253 e. The number of carbonyl (C=O) groups is 2. The number of anilines is 1. The van der Waals surface area contributed by atoms with Gasteiger partial charge in [-0.3, -0.25) is 14.5 Å². The number of benzene rings is 3. The maximum absolute atomic E-state index is 13.0. The van der Waals surface area contributed by atoms with Crippen LogP contribution >= 0.6 is 0 Å². The summed E-state index contributed by atoms with van der Waals surface area (Å²) in [6, 6.07) is 27.4. The number of para-hydroxylation sites is 1. The second kappa shape index (κ2) is 10.9. The van der Waals surface area contributed by atoms with Gasteiger partial charge in [-0.1, -0.05) is 72.8 Å². The molecule has 0 unspecified atom stereocenters. The van der Waals surface area contributed by atoms with Crippen LogP contribution in [0.4, 0.5) is 5.69 Å². The van der Waals surface area contributed by atoms with Crippen molar-refractivity contribution >= 4 is 17.5 Å². The van der Waals surface area contributed by atoms with Gasteiger partial charge in [-0.05, 0) is 56.1 Å². The summed E-state index contributed by atoms with van der Waals surface area (Å²) >= 11 is 0. The molecular formula is C28H31N3O2. The Labute approximate surface area is 195 Å². The van der Waals surface area contributed by atoms with Gasteiger partial charge < -0.3 is 10.6 Å². The molecule has 0 bridgehead atoms. The number of amides is 2. The monoisotopic (exact) mass is 441 g/mol. The number of piperidine rings is 1. The molecule has 33 heavy (non-hydrogen) atoms. The van der Waals surface area contributed by atoms with Crippen molar-refractivity contribution < 1.29 is 9.59 Å². The lowest BCUT2D eigenvalue weighted by molar-refractivity contribution is -0.121. The Morgan fingerprint density at radius 1 is 0.879 bits per heavy atom. The smallest absolute Gasteiger partial charge is 0.253 e. The second-order valence-electron chi connectivity index (χ2n) is 8.68. The van der Waals surface area contributed by atoms with Gasteiger partial charge in [0.2, 0.25) is 5.91 Å². The van der Waals surface area contributed by atoms with Crippen molar-refractivity contribution in [2.24, 2.45) is 5.92 Å². The van der Waals surface area contributed by atoms with E-state index in [-0.39, 0.29) is 23.8 Å². The van der Waals surface area contributed by atoms with Crippen LogP contribution in [0.2, 0.25) is 0 Å². The zero-order valence-electron chi connectivity index (χ0n) is 19.0. The zero-order chi connectivity index (χ0) is 23.0. The zero-order valence-corrected chi connectivity index (χ0v) is 19.0. The van der Waals surface area contributed by atoms with Crippen molar-refractivity contribution in [2.45, 2.75) is 32.4 Å². The molecule has 0 saturated carbocycles. The van der Waals surface area contributed by atoms with E-state index in [1.807, 2.05) is 55.5 Å². The molecule has 5 heteroatoms. The van der Waals surface area contributed by atoms with E-state index in [4.69, 9.17) is 0 Å². The Bertz CT molecular complexity index is 1060. The molecule has 0 radical (unpaired) electrons. The first-order chi connectivity index (χ1) is 16.1. The van der Waals surface area contributed by atoms with Crippen LogP contribution in [0.15, 0.2) is 84.9 Å². The van der Waals surface area contributed by atoms with Gasteiger partial charge >= 0.3 is 0 Å². The molecule has 1 aliphatic rings. The number of carbonyl (C=O) groups excluding carboxylic acids is 2. The molecule has 170 valence electrons. The van der Waals surface area contributed by atoms with E-state index >= 15 is 0 Å². The average molecular weight is 442 g/mol. The Hall–Kier alpha value is -3.44. The number of hydrogen-bond acceptors (Lipinski definition) is 3. The third kappa shape index (κ3) is 6.08. The van der Waals surface area contributed by atoms with E-state index in [0.29, 0.717) is 11.3 Å². The molecule has 3 aromatic rings. The van der Waals surface area contributed by atoms with Crippen LogP contribution in [0.3, 0.4) is 0 Å². The van der Waals surface area contributed by atoms with Gasteiger partial charge in [0.1, 0.15) is 0 Å². The van der Waals surface area contributed by atoms with Gasteiger partial charge in [-0.25, -0.2) is 0 Å². The molecule has 5 nitrogen and oxygen atoms in total. The lowest BCUT2D eigenvalue weighted by atomic mass is 9.95. The van der Waals surface area contributed by atoms with E-state index in [2.05, 4.69) is 39.8 Å². The highest BCUT2D eigenvalue weighted by Crippen LogP contribution is 2.23. The predicted octanol–water partition coefficient (Wildman–Crippen LogP) is 5.03. The summed E-state index contributed by atoms with van der Waals surface area (Å²) in [6.07, 6.45) is 1.64. The largest absolute Gasteiger partial charge is 0.345 e. The lowest BCUT2D eigenvalue weighted by Gasteiger charge is -2.31. The fourth-order valence-electron chi connectivity index (χ4n) is 4.32. The van der Waals surface area contributed by atoms with Crippen LogP contribution in [-0.2, 0) is 11.3 Å². The quantitative estimate of drug-likeness (QED) is 0.541. The Kier molecular flexibility index (Phi) is 7.53. The molecule has 1 heterocycles. The predicted molar refractivity (Wildman–Crippen MR) is 132 cm³/mol. The van der Waals surface area contributed by atoms with Gasteiger partial charge in [-0.15, -0.1) is 0 Å². The number of nitrogens with one attached hydrogen (secondary N) is 2. The summed E-state index contributed by atoms with van der Waals surface area (Å²) in [5, 5.41) is 6.06. The van der Waals surface area contributed by atoms with Crippen molar-refractivity contribution in [2.75, 3.05) is 18.4 Å². The molecule has 1 saturated heterocycles. The molecule has 1 atom stereocenters. The Morgan fingerprint density at radius 3 is 2.18 bits per heavy atom. The van der Waals surface area contributed by atoms with Crippen LogP contribution in [-0.4, -0.2) is 29.8 Å². The first-order valence-electron chi connectivity index (χ1n) is 11.6. The van der Waals surface area contributed by atoms with Gasteiger partial charge in [0.05, 0.1) is 17.3 Å². The van der Waals surface area contributed by atoms with Crippen molar-refractivity contribution in [1.29, 1.82) is 0 Å². The minimum atomic E-state index is -0.195. The number of likely N-dealkylation sites (tertiary alicyclic amines) is 1. The fraction of sp³-hybridized carbons (Fsp3) is 0.286. The normalized spacial score (nSPS) is 15.5. The molecule has 4 rings (SSSR count). The van der Waals surface area contributed by atoms with Gasteiger partial charge in [-0.2, -0.15) is 0 Å². The molecule has 0 aromatic heterocycles. The van der Waals surface area contributed by atoms with Crippen LogP contribution in [0.5, 0.6) is 0 Å². The van der Waals surface area contributed by atoms with Gasteiger partial charge in [0.25, 0.3) is 5.91 Å². The van der Waals surface area contributed by atoms with Crippen molar-refractivity contribution in [3.05, 3.63) is 102 Å². The summed E-state index contributed by atoms with van der Waals surface area (Å²) in [5.74, 6) is -0.248. The molecule has 0 spiro atoms. The minimum Gasteiger partial charge on any atom is -0.345 e. The molecular weight excluding hydrogens is 410 g/mol. The first kappa shape index (κ1) is 22.7. The Morgan fingerprint density at radius 2 is 1.48 bits per heavy atom. The van der Waals surface area contributed by atoms with Gasteiger partial charge in [0, 0.05) is 12.5 Å². The van der Waals surface area contributed by atoms with Crippen LogP contribution in [0.25, 0.3) is 0 Å². The SMILES string of the molecule is C[C@H](NC(=O)c1ccccc1NC(=O)C1CCN(Cc2ccccc2)CC1)c1ccccc1. The number of nitrogens with zero attached hydrogens (tertiary/aromatic N) is 1. The minimum absolute atomic E-state index is 0.00859. The molecule has 2 N–H and O–H groups in total. The van der Waals surface area contributed by atoms with E-state index in [1.54, 1.807) is 12.1 Å². The fourth-order valence-corrected chi connectivity index (χ4v) is 4.32. The molecule has 1 fully saturated rings. The van der Waals surface area contributed by atoms with Crippen LogP contribution in [0.1, 0.15) is 47.3 Å². The van der Waals surface area contributed by atoms with Crippen LogP contribution in [0, 0.1) is 5.92 Å². The van der Waals surface area contributed by atoms with Crippen LogP contribution < -0.4 is 10.6 Å². The standard InChI is InChI=1S/C28H31N3O2/c1-21(23-12-6-3-7-13-23)29-28(33)25-14-8-9-15-26(25)30-27(32)24-16-18-31(19-17-24)20-22-10-4-2-5-11-22/h2-15,21,24H,16-20H2,1H3,(H,29,33)(H,30,32)/t21-/m0/s1. The molecule has 1 aliphatic heterocycles. The van der Waals surface area contributed by atoms with E-state index in [0.717, 1.165) is 38.0 Å². The maximum atomic E-state index is 13.0. The van der Waals surface area contributed by atoms with Crippen molar-refractivity contribution in [1.82, 2.24) is 10.2 Å². The van der Waals surface area contributed by atoms with E-state index < -0.39 is 0 Å². The summed E-state index contributed by atoms with van der Waals surface area (Å²) in [4.78, 5) is 28.3. The molecule has 2 amide bonds. The summed E-state index contributed by atoms with van der Waals surface area (Å²) in [6.45, 7) is 4.66. The van der Waals surface area contributed by atoms with E-state index in [1.165, 1.54) is 5.56 Å². The first-order valence-corrected chi connectivity index (χ1v) is 11.6. The average Bonchev–Trinajstić information content (AvgIpc) is 2.86. The lowest BCUT2D eigenvalue weighted by Crippen LogP contribution is -2.38. The molecule has 0 aliphatic carbocycles. The van der Waals surface area contributed by atoms with Crippen molar-refractivity contribution in [3.8, 4) is 0 Å². The summed E-state index contributed by atoms with van der Waals surface area (Å²) < 4.78 is 0. The molecule has 3 aromatic carbocycles. The number of rotatable bonds is 7. The van der Waals surface area contributed by atoms with E-state index in [9.17, 15) is 9.59 Å². The summed E-state index contributed by atoms with van der Waals surface area (Å²) in [7, 11) is 0. The topological polar surface area (TPSA) is 61.4 Å². The third-order valence-corrected chi connectivity index (χ3v) is 6.28. The third-order valence-electron chi connectivity index (χ3n) is 6.28. The second-order valence-corrected chi connectivity index (χ2v) is 8.68. The van der Waals surface area contributed by atoms with Crippen molar-refractivity contribution in [3.63, 3.8) is 0 Å². The highest BCUT2D eigenvalue weighted by molar-refractivity contribution is 6.04. The Balaban J connectivity index is 1.34. The summed E-state index contributed by atoms with van der Waals surface area (Å²) in [5.41, 5.74) is 3.38. The van der Waals surface area contributed by atoms with Gasteiger partial charge in [0.15, 0.2) is 0 Å². The highest BCUT2D eigenvalue weighted by atomic mass is 16.2. The number of hydrogen-bond donors (Lipinski definition) is 2.